The number of ether oxygens (including phenoxy) is 1. The zero-order valence-electron chi connectivity index (χ0n) is 10.4. The molecule has 18 heavy (non-hydrogen) atoms. The Hall–Kier alpha value is -1.81. The van der Waals surface area contributed by atoms with Gasteiger partial charge in [-0.15, -0.1) is 0 Å². The number of nitrogens with one attached hydrogen (secondary N) is 1. The van der Waals surface area contributed by atoms with E-state index in [1.54, 1.807) is 12.1 Å². The smallest absolute Gasteiger partial charge is 0.354 e. The minimum atomic E-state index is -0.609. The Bertz CT molecular complexity index is 509. The van der Waals surface area contributed by atoms with Gasteiger partial charge in [0.1, 0.15) is 5.70 Å². The highest BCUT2D eigenvalue weighted by Gasteiger charge is 2.11. The second kappa shape index (κ2) is 6.21. The first kappa shape index (κ1) is 14.3. The number of hydrogen-bond acceptors (Lipinski definition) is 3. The zero-order chi connectivity index (χ0) is 13.7. The fraction of sp³-hybridized carbons (Fsp3) is 0.231. The van der Waals surface area contributed by atoms with E-state index in [0.29, 0.717) is 10.6 Å². The number of halogens is 1. The Morgan fingerprint density at radius 2 is 2.06 bits per heavy atom. The third-order valence-electron chi connectivity index (χ3n) is 2.22. The third-order valence-corrected chi connectivity index (χ3v) is 2.63. The van der Waals surface area contributed by atoms with Gasteiger partial charge in [0.25, 0.3) is 0 Å². The molecular weight excluding hydrogens is 254 g/mol. The first-order valence-corrected chi connectivity index (χ1v) is 5.65. The van der Waals surface area contributed by atoms with E-state index in [0.717, 1.165) is 5.56 Å². The van der Waals surface area contributed by atoms with Crippen molar-refractivity contribution in [2.45, 2.75) is 13.8 Å². The van der Waals surface area contributed by atoms with E-state index in [1.165, 1.54) is 20.1 Å². The van der Waals surface area contributed by atoms with E-state index >= 15 is 0 Å². The van der Waals surface area contributed by atoms with Gasteiger partial charge in [0.2, 0.25) is 5.91 Å². The number of carbonyl (C=O) groups excluding carboxylic acids is 2. The van der Waals surface area contributed by atoms with Gasteiger partial charge in [-0.3, -0.25) is 4.79 Å². The lowest BCUT2D eigenvalue weighted by molar-refractivity contribution is -0.137. The Kier molecular flexibility index (Phi) is 4.92. The highest BCUT2D eigenvalue weighted by Crippen LogP contribution is 2.18. The van der Waals surface area contributed by atoms with E-state index in [9.17, 15) is 9.59 Å². The summed E-state index contributed by atoms with van der Waals surface area (Å²) in [6, 6.07) is 5.34. The molecule has 1 amide bonds. The van der Waals surface area contributed by atoms with Gasteiger partial charge >= 0.3 is 5.97 Å². The van der Waals surface area contributed by atoms with E-state index in [2.05, 4.69) is 10.1 Å². The van der Waals surface area contributed by atoms with Crippen LogP contribution in [0.1, 0.15) is 18.1 Å². The van der Waals surface area contributed by atoms with Crippen molar-refractivity contribution in [2.75, 3.05) is 7.11 Å². The molecule has 0 saturated heterocycles. The molecule has 0 spiro atoms. The number of carbonyl (C=O) groups is 2. The molecule has 96 valence electrons. The van der Waals surface area contributed by atoms with Crippen molar-refractivity contribution in [3.8, 4) is 0 Å². The second-order valence-corrected chi connectivity index (χ2v) is 4.15. The summed E-state index contributed by atoms with van der Waals surface area (Å²) in [6.45, 7) is 3.20. The Morgan fingerprint density at radius 1 is 1.39 bits per heavy atom. The molecule has 0 saturated carbocycles. The number of hydrogen-bond donors (Lipinski definition) is 1. The summed E-state index contributed by atoms with van der Waals surface area (Å²) < 4.78 is 4.58. The lowest BCUT2D eigenvalue weighted by Crippen LogP contribution is -2.25. The largest absolute Gasteiger partial charge is 0.464 e. The fourth-order valence-corrected chi connectivity index (χ4v) is 1.50. The molecule has 0 radical (unpaired) electrons. The Morgan fingerprint density at radius 3 is 2.56 bits per heavy atom. The van der Waals surface area contributed by atoms with Crippen molar-refractivity contribution in [2.24, 2.45) is 0 Å². The zero-order valence-corrected chi connectivity index (χ0v) is 11.2. The van der Waals surface area contributed by atoms with Gasteiger partial charge in [0.15, 0.2) is 0 Å². The normalized spacial score (nSPS) is 11.0. The van der Waals surface area contributed by atoms with Crippen LogP contribution in [-0.2, 0) is 14.3 Å². The molecule has 0 atom stereocenters. The average molecular weight is 268 g/mol. The molecule has 0 unspecified atom stereocenters. The lowest BCUT2D eigenvalue weighted by Gasteiger charge is -2.06. The van der Waals surface area contributed by atoms with Crippen LogP contribution in [0.3, 0.4) is 0 Å². The van der Waals surface area contributed by atoms with Gasteiger partial charge in [-0.2, -0.15) is 0 Å². The van der Waals surface area contributed by atoms with Gasteiger partial charge in [-0.1, -0.05) is 23.7 Å². The number of esters is 1. The number of amides is 1. The molecule has 1 aromatic rings. The second-order valence-electron chi connectivity index (χ2n) is 3.74. The minimum Gasteiger partial charge on any atom is -0.464 e. The summed E-state index contributed by atoms with van der Waals surface area (Å²) in [5.41, 5.74) is 1.72. The van der Waals surface area contributed by atoms with Crippen LogP contribution in [0.15, 0.2) is 23.9 Å². The highest BCUT2D eigenvalue weighted by atomic mass is 35.5. The average Bonchev–Trinajstić information content (AvgIpc) is 2.31. The standard InChI is InChI=1S/C13H14ClNO3/c1-8-4-5-10(6-11(8)14)7-12(13(17)18-3)15-9(2)16/h4-7H,1-3H3,(H,15,16). The molecule has 0 aliphatic heterocycles. The van der Waals surface area contributed by atoms with Crippen LogP contribution >= 0.6 is 11.6 Å². The number of methoxy groups -OCH3 is 1. The van der Waals surface area contributed by atoms with Gasteiger partial charge < -0.3 is 10.1 Å². The molecule has 5 heteroatoms. The van der Waals surface area contributed by atoms with E-state index in [1.807, 2.05) is 13.0 Å². The molecule has 0 aliphatic rings. The molecular formula is C13H14ClNO3. The first-order chi connectivity index (χ1) is 8.43. The molecule has 1 rings (SSSR count). The molecule has 0 fully saturated rings. The molecule has 1 N–H and O–H groups in total. The van der Waals surface area contributed by atoms with Crippen LogP contribution in [-0.4, -0.2) is 19.0 Å². The molecule has 0 bridgehead atoms. The van der Waals surface area contributed by atoms with Crippen molar-refractivity contribution in [3.63, 3.8) is 0 Å². The maximum absolute atomic E-state index is 11.5. The maximum Gasteiger partial charge on any atom is 0.354 e. The number of benzene rings is 1. The summed E-state index contributed by atoms with van der Waals surface area (Å²) in [5, 5.41) is 3.01. The molecule has 0 heterocycles. The first-order valence-electron chi connectivity index (χ1n) is 5.27. The van der Waals surface area contributed by atoms with Gasteiger partial charge in [0.05, 0.1) is 7.11 Å². The van der Waals surface area contributed by atoms with Crippen LogP contribution in [0, 0.1) is 6.92 Å². The van der Waals surface area contributed by atoms with Crippen molar-refractivity contribution in [3.05, 3.63) is 40.0 Å². The van der Waals surface area contributed by atoms with Crippen LogP contribution in [0.2, 0.25) is 5.02 Å². The van der Waals surface area contributed by atoms with Crippen molar-refractivity contribution >= 4 is 29.6 Å². The molecule has 1 aromatic carbocycles. The Labute approximate surface area is 111 Å². The molecule has 0 aromatic heterocycles. The highest BCUT2D eigenvalue weighted by molar-refractivity contribution is 6.31. The quantitative estimate of drug-likeness (QED) is 0.675. The lowest BCUT2D eigenvalue weighted by atomic mass is 10.1. The SMILES string of the molecule is COC(=O)C(=Cc1ccc(C)c(Cl)c1)NC(C)=O. The van der Waals surface area contributed by atoms with Gasteiger partial charge in [-0.25, -0.2) is 4.79 Å². The van der Waals surface area contributed by atoms with Crippen LogP contribution in [0.5, 0.6) is 0 Å². The summed E-state index contributed by atoms with van der Waals surface area (Å²) in [5.74, 6) is -0.952. The fourth-order valence-electron chi connectivity index (χ4n) is 1.31. The van der Waals surface area contributed by atoms with Crippen LogP contribution < -0.4 is 5.32 Å². The maximum atomic E-state index is 11.5. The predicted molar refractivity (Wildman–Crippen MR) is 70.0 cm³/mol. The van der Waals surface area contributed by atoms with Gasteiger partial charge in [0, 0.05) is 11.9 Å². The summed E-state index contributed by atoms with van der Waals surface area (Å²) >= 11 is 5.98. The minimum absolute atomic E-state index is 0.0740. The predicted octanol–water partition coefficient (Wildman–Crippen LogP) is 2.30. The molecule has 0 aliphatic carbocycles. The van der Waals surface area contributed by atoms with Gasteiger partial charge in [-0.05, 0) is 30.2 Å². The third kappa shape index (κ3) is 3.89. The number of aryl methyl sites for hydroxylation is 1. The number of rotatable bonds is 3. The van der Waals surface area contributed by atoms with Crippen LogP contribution in [0.25, 0.3) is 6.08 Å². The van der Waals surface area contributed by atoms with E-state index in [4.69, 9.17) is 11.6 Å². The Balaban J connectivity index is 3.10. The van der Waals surface area contributed by atoms with Crippen LogP contribution in [0.4, 0.5) is 0 Å². The summed E-state index contributed by atoms with van der Waals surface area (Å²) in [6.07, 6.45) is 1.51. The van der Waals surface area contributed by atoms with Crippen molar-refractivity contribution in [1.82, 2.24) is 5.32 Å². The van der Waals surface area contributed by atoms with Crippen molar-refractivity contribution in [1.29, 1.82) is 0 Å². The topological polar surface area (TPSA) is 55.4 Å². The van der Waals surface area contributed by atoms with E-state index < -0.39 is 5.97 Å². The summed E-state index contributed by atoms with van der Waals surface area (Å²) in [7, 11) is 1.25. The molecule has 4 nitrogen and oxygen atoms in total. The van der Waals surface area contributed by atoms with Crippen molar-refractivity contribution < 1.29 is 14.3 Å². The monoisotopic (exact) mass is 267 g/mol. The summed E-state index contributed by atoms with van der Waals surface area (Å²) in [4.78, 5) is 22.5. The van der Waals surface area contributed by atoms with E-state index in [-0.39, 0.29) is 11.6 Å².